The summed E-state index contributed by atoms with van der Waals surface area (Å²) in [5.74, 6) is -5.51. The van der Waals surface area contributed by atoms with Crippen LogP contribution >= 0.6 is 24.0 Å². The minimum absolute atomic E-state index is 0.0155. The lowest BCUT2D eigenvalue weighted by molar-refractivity contribution is -0.144. The molecule has 11 N–H and O–H groups in total. The van der Waals surface area contributed by atoms with Crippen LogP contribution in [0.3, 0.4) is 0 Å². The van der Waals surface area contributed by atoms with Crippen LogP contribution in [-0.4, -0.2) is 182 Å². The van der Waals surface area contributed by atoms with Crippen molar-refractivity contribution in [3.63, 3.8) is 0 Å². The Bertz CT molecular complexity index is 1610. The molecular formula is C37H57N9O12S2. The largest absolute Gasteiger partial charge is 0.480 e. The van der Waals surface area contributed by atoms with Crippen LogP contribution in [0.25, 0.3) is 0 Å². The third-order valence-corrected chi connectivity index (χ3v) is 11.6. The zero-order valence-electron chi connectivity index (χ0n) is 33.3. The molecule has 0 radical (unpaired) electrons. The topological polar surface area (TPSA) is 308 Å². The number of carbonyl (C=O) groups excluding carboxylic acids is 2. The van der Waals surface area contributed by atoms with Gasteiger partial charge in [0.2, 0.25) is 5.91 Å². The van der Waals surface area contributed by atoms with Crippen molar-refractivity contribution in [1.82, 2.24) is 36.1 Å². The van der Waals surface area contributed by atoms with E-state index in [2.05, 4.69) is 21.4 Å². The third kappa shape index (κ3) is 18.6. The molecule has 1 aromatic rings. The Kier molecular flexibility index (Phi) is 21.3. The molecule has 2 aliphatic heterocycles. The number of nitrogens with zero attached hydrogens (tertiary/aromatic N) is 4. The highest BCUT2D eigenvalue weighted by atomic mass is 32.2. The molecule has 0 aromatic heterocycles. The number of hydrazine groups is 1. The average Bonchev–Trinajstić information content (AvgIpc) is 3.71. The number of amides is 3. The van der Waals surface area contributed by atoms with Gasteiger partial charge in [-0.15, -0.1) is 0 Å². The van der Waals surface area contributed by atoms with Gasteiger partial charge in [-0.1, -0.05) is 25.0 Å². The number of unbranched alkanes of at least 4 members (excludes halogenated alkanes) is 3. The van der Waals surface area contributed by atoms with E-state index in [0.717, 1.165) is 49.2 Å². The Morgan fingerprint density at radius 1 is 0.783 bits per heavy atom. The second kappa shape index (κ2) is 25.7. The molecule has 3 rings (SSSR count). The van der Waals surface area contributed by atoms with Crippen molar-refractivity contribution in [2.24, 2.45) is 5.73 Å². The normalized spacial score (nSPS) is 17.5. The maximum absolute atomic E-state index is 12.3. The maximum atomic E-state index is 12.3. The molecule has 60 heavy (non-hydrogen) atoms. The number of nitrogens with two attached hydrogens (primary N) is 1. The summed E-state index contributed by atoms with van der Waals surface area (Å²) in [7, 11) is 0. The summed E-state index contributed by atoms with van der Waals surface area (Å²) in [5.41, 5.74) is 10.4. The van der Waals surface area contributed by atoms with Crippen molar-refractivity contribution in [3.05, 3.63) is 29.8 Å². The van der Waals surface area contributed by atoms with E-state index in [1.807, 2.05) is 11.8 Å². The monoisotopic (exact) mass is 883 g/mol. The van der Waals surface area contributed by atoms with Gasteiger partial charge in [-0.25, -0.2) is 10.2 Å². The lowest BCUT2D eigenvalue weighted by Gasteiger charge is -2.34. The first kappa shape index (κ1) is 49.6. The zero-order chi connectivity index (χ0) is 44.2. The van der Waals surface area contributed by atoms with Gasteiger partial charge in [0.25, 0.3) is 0 Å². The fourth-order valence-electron chi connectivity index (χ4n) is 7.13. The Morgan fingerprint density at radius 2 is 1.37 bits per heavy atom. The summed E-state index contributed by atoms with van der Waals surface area (Å²) >= 11 is 7.13. The highest BCUT2D eigenvalue weighted by Gasteiger charge is 2.42. The molecule has 1 aromatic carbocycles. The van der Waals surface area contributed by atoms with Crippen LogP contribution in [0, 0.1) is 0 Å². The molecule has 2 saturated heterocycles. The molecule has 0 bridgehead atoms. The van der Waals surface area contributed by atoms with Gasteiger partial charge in [-0.3, -0.25) is 48.5 Å². The quantitative estimate of drug-likeness (QED) is 0.0194. The zero-order valence-corrected chi connectivity index (χ0v) is 35.0. The van der Waals surface area contributed by atoms with Gasteiger partial charge in [0.15, 0.2) is 5.11 Å². The molecule has 3 amide bonds. The summed E-state index contributed by atoms with van der Waals surface area (Å²) in [6, 6.07) is 6.27. The van der Waals surface area contributed by atoms with E-state index in [-0.39, 0.29) is 55.2 Å². The number of urea groups is 1. The molecule has 4 atom stereocenters. The number of carbonyl (C=O) groups is 7. The van der Waals surface area contributed by atoms with Crippen LogP contribution in [0.2, 0.25) is 0 Å². The SMILES string of the molecule is NC(=S)N(NCCCCCNC(=O)CCCC[C@@H]1SC[C@@H]2NC(=O)N[C@@H]21)c1ccc(CC(CN(CCN(CC(=O)O)CC(=O)O)CC(=O)O)N(CC(=O)O)CC(=O)O)cc1. The molecule has 334 valence electrons. The summed E-state index contributed by atoms with van der Waals surface area (Å²) in [4.78, 5) is 85.5. The number of carboxylic acid groups (broad SMARTS) is 5. The molecule has 2 aliphatic rings. The first-order valence-corrected chi connectivity index (χ1v) is 21.1. The van der Waals surface area contributed by atoms with Crippen molar-refractivity contribution in [2.75, 3.05) is 76.2 Å². The minimum atomic E-state index is -1.31. The third-order valence-electron chi connectivity index (χ3n) is 9.88. The second-order valence-electron chi connectivity index (χ2n) is 14.7. The van der Waals surface area contributed by atoms with Crippen molar-refractivity contribution in [2.45, 2.75) is 74.7 Å². The lowest BCUT2D eigenvalue weighted by atomic mass is 10.0. The second-order valence-corrected chi connectivity index (χ2v) is 16.4. The number of thioether (sulfide) groups is 1. The standard InChI is InChI=1S/C37H57N9O12S2/c38-36(59)46(40-13-5-1-4-12-39-29(47)7-3-2-6-28-35-27(23-60-28)41-37(58)42-35)25-10-8-24(9-11-25)16-26(45(21-33(54)55)22-34(56)57)17-43(18-30(48)49)14-15-44(19-31(50)51)20-32(52)53/h8-11,26-28,35,40H,1-7,12-23H2,(H2,38,59)(H,39,47)(H,48,49)(H,50,51)(H,52,53)(H,54,55)(H,56,57)(H2,41,42,58)/t26?,27-,28-,35-/m0/s1. The Hall–Kier alpha value is -4.81. The van der Waals surface area contributed by atoms with Crippen molar-refractivity contribution >= 4 is 76.6 Å². The predicted molar refractivity (Wildman–Crippen MR) is 225 cm³/mol. The Labute approximate surface area is 357 Å². The maximum Gasteiger partial charge on any atom is 0.317 e. The molecule has 0 spiro atoms. The van der Waals surface area contributed by atoms with Crippen LogP contribution < -0.4 is 32.1 Å². The molecule has 0 aliphatic carbocycles. The van der Waals surface area contributed by atoms with Crippen molar-refractivity contribution in [3.8, 4) is 0 Å². The predicted octanol–water partition coefficient (Wildman–Crippen LogP) is -0.506. The van der Waals surface area contributed by atoms with Crippen molar-refractivity contribution in [1.29, 1.82) is 0 Å². The number of rotatable bonds is 31. The van der Waals surface area contributed by atoms with Gasteiger partial charge < -0.3 is 47.2 Å². The number of anilines is 1. The van der Waals surface area contributed by atoms with E-state index < -0.39 is 68.6 Å². The molecule has 2 fully saturated rings. The Morgan fingerprint density at radius 3 is 1.97 bits per heavy atom. The minimum Gasteiger partial charge on any atom is -0.480 e. The van der Waals surface area contributed by atoms with Crippen LogP contribution in [-0.2, 0) is 35.2 Å². The summed E-state index contributed by atoms with van der Waals surface area (Å²) in [6.45, 7) is -2.47. The van der Waals surface area contributed by atoms with E-state index in [1.54, 1.807) is 24.3 Å². The van der Waals surface area contributed by atoms with Gasteiger partial charge in [-0.2, -0.15) is 11.8 Å². The summed E-state index contributed by atoms with van der Waals surface area (Å²) in [6.07, 6.45) is 5.55. The summed E-state index contributed by atoms with van der Waals surface area (Å²) < 4.78 is 0. The van der Waals surface area contributed by atoms with Gasteiger partial charge >= 0.3 is 35.9 Å². The van der Waals surface area contributed by atoms with Gasteiger partial charge in [0, 0.05) is 56.2 Å². The van der Waals surface area contributed by atoms with Gasteiger partial charge in [-0.05, 0) is 62.0 Å². The Balaban J connectivity index is 1.51. The van der Waals surface area contributed by atoms with E-state index in [0.29, 0.717) is 36.0 Å². The fraction of sp³-hybridized carbons (Fsp3) is 0.622. The summed E-state index contributed by atoms with van der Waals surface area (Å²) in [5, 5.41) is 58.1. The first-order valence-electron chi connectivity index (χ1n) is 19.7. The highest BCUT2D eigenvalue weighted by Crippen LogP contribution is 2.33. The van der Waals surface area contributed by atoms with Crippen LogP contribution in [0.1, 0.15) is 50.5 Å². The number of carboxylic acids is 5. The van der Waals surface area contributed by atoms with Crippen LogP contribution in [0.4, 0.5) is 10.5 Å². The van der Waals surface area contributed by atoms with Gasteiger partial charge in [0.1, 0.15) is 0 Å². The molecule has 21 nitrogen and oxygen atoms in total. The number of fused-ring (bicyclic) bond motifs is 1. The number of aliphatic carboxylic acids is 5. The fourth-order valence-corrected chi connectivity index (χ4v) is 8.85. The molecular weight excluding hydrogens is 827 g/mol. The lowest BCUT2D eigenvalue weighted by Crippen LogP contribution is -2.51. The van der Waals surface area contributed by atoms with Crippen LogP contribution in [0.15, 0.2) is 24.3 Å². The van der Waals surface area contributed by atoms with E-state index in [9.17, 15) is 59.1 Å². The van der Waals surface area contributed by atoms with Crippen molar-refractivity contribution < 1.29 is 59.1 Å². The van der Waals surface area contributed by atoms with E-state index in [1.165, 1.54) is 14.8 Å². The number of hydrogen-bond donors (Lipinski definition) is 10. The molecule has 2 heterocycles. The number of benzene rings is 1. The smallest absolute Gasteiger partial charge is 0.317 e. The number of nitrogens with one attached hydrogen (secondary N) is 4. The van der Waals surface area contributed by atoms with E-state index in [4.69, 9.17) is 18.0 Å². The number of thiocarbonyl (C=S) groups is 1. The molecule has 1 unspecified atom stereocenters. The van der Waals surface area contributed by atoms with Crippen LogP contribution in [0.5, 0.6) is 0 Å². The molecule has 23 heteroatoms. The van der Waals surface area contributed by atoms with Gasteiger partial charge in [0.05, 0.1) is 50.5 Å². The first-order chi connectivity index (χ1) is 28.5. The number of hydrogen-bond acceptors (Lipinski definition) is 13. The van der Waals surface area contributed by atoms with E-state index >= 15 is 0 Å². The molecule has 0 saturated carbocycles. The average molecular weight is 884 g/mol. The highest BCUT2D eigenvalue weighted by molar-refractivity contribution is 8.00.